The first kappa shape index (κ1) is 14.8. The second kappa shape index (κ2) is 6.41. The highest BCUT2D eigenvalue weighted by Crippen LogP contribution is 2.29. The maximum Gasteiger partial charge on any atom is 0.227 e. The number of carbonyl (C=O) groups excluding carboxylic acids is 1. The SMILES string of the molecule is O=C1CCCN1c1ccc(-c2csc(Nc3ccccn3)n2)cc1. The van der Waals surface area contributed by atoms with Crippen LogP contribution in [-0.2, 0) is 4.79 Å². The summed E-state index contributed by atoms with van der Waals surface area (Å²) in [5.74, 6) is 0.986. The molecule has 0 unspecified atom stereocenters. The topological polar surface area (TPSA) is 58.1 Å². The molecule has 120 valence electrons. The van der Waals surface area contributed by atoms with Gasteiger partial charge in [-0.25, -0.2) is 9.97 Å². The zero-order valence-corrected chi connectivity index (χ0v) is 13.8. The van der Waals surface area contributed by atoms with E-state index in [9.17, 15) is 4.79 Å². The second-order valence-corrected chi connectivity index (χ2v) is 6.43. The van der Waals surface area contributed by atoms with E-state index in [4.69, 9.17) is 0 Å². The van der Waals surface area contributed by atoms with Gasteiger partial charge in [-0.2, -0.15) is 0 Å². The van der Waals surface area contributed by atoms with Gasteiger partial charge in [0.15, 0.2) is 5.13 Å². The average Bonchev–Trinajstić information content (AvgIpc) is 3.25. The van der Waals surface area contributed by atoms with E-state index in [2.05, 4.69) is 15.3 Å². The largest absolute Gasteiger partial charge is 0.316 e. The molecule has 3 heterocycles. The Labute approximate surface area is 144 Å². The zero-order chi connectivity index (χ0) is 16.4. The summed E-state index contributed by atoms with van der Waals surface area (Å²) in [6.07, 6.45) is 3.33. The van der Waals surface area contributed by atoms with Crippen molar-refractivity contribution in [3.8, 4) is 11.3 Å². The average molecular weight is 336 g/mol. The predicted molar refractivity (Wildman–Crippen MR) is 96.7 cm³/mol. The molecule has 1 aromatic carbocycles. The second-order valence-electron chi connectivity index (χ2n) is 5.57. The van der Waals surface area contributed by atoms with Gasteiger partial charge < -0.3 is 10.2 Å². The summed E-state index contributed by atoms with van der Waals surface area (Å²) in [6, 6.07) is 13.7. The standard InChI is InChI=1S/C18H16N4OS/c23-17-5-3-11-22(17)14-8-6-13(7-9-14)15-12-24-18(20-15)21-16-4-1-2-10-19-16/h1-2,4,6-10,12H,3,5,11H2,(H,19,20,21). The van der Waals surface area contributed by atoms with Gasteiger partial charge >= 0.3 is 0 Å². The number of hydrogen-bond acceptors (Lipinski definition) is 5. The molecule has 2 aromatic heterocycles. The highest BCUT2D eigenvalue weighted by atomic mass is 32.1. The van der Waals surface area contributed by atoms with Crippen LogP contribution in [0.4, 0.5) is 16.6 Å². The third kappa shape index (κ3) is 3.00. The molecule has 6 heteroatoms. The van der Waals surface area contributed by atoms with Crippen molar-refractivity contribution in [2.45, 2.75) is 12.8 Å². The molecular weight excluding hydrogens is 320 g/mol. The molecule has 4 rings (SSSR count). The van der Waals surface area contributed by atoms with Gasteiger partial charge in [0.2, 0.25) is 5.91 Å². The number of anilines is 3. The van der Waals surface area contributed by atoms with Crippen LogP contribution in [0.5, 0.6) is 0 Å². The van der Waals surface area contributed by atoms with Crippen LogP contribution < -0.4 is 10.2 Å². The summed E-state index contributed by atoms with van der Waals surface area (Å²) in [5, 5.41) is 6.02. The number of pyridine rings is 1. The van der Waals surface area contributed by atoms with Gasteiger partial charge in [-0.1, -0.05) is 18.2 Å². The number of thiazole rings is 1. The van der Waals surface area contributed by atoms with Crippen molar-refractivity contribution in [3.05, 3.63) is 54.0 Å². The number of rotatable bonds is 4. The molecule has 5 nitrogen and oxygen atoms in total. The molecule has 1 aliphatic rings. The minimum atomic E-state index is 0.207. The molecule has 1 aliphatic heterocycles. The Morgan fingerprint density at radius 2 is 2.00 bits per heavy atom. The zero-order valence-electron chi connectivity index (χ0n) is 13.0. The highest BCUT2D eigenvalue weighted by Gasteiger charge is 2.21. The van der Waals surface area contributed by atoms with Crippen molar-refractivity contribution in [2.75, 3.05) is 16.8 Å². The molecule has 0 spiro atoms. The van der Waals surface area contributed by atoms with Gasteiger partial charge in [0.25, 0.3) is 0 Å². The summed E-state index contributed by atoms with van der Waals surface area (Å²) in [6.45, 7) is 0.813. The van der Waals surface area contributed by atoms with Gasteiger partial charge in [-0.05, 0) is 30.7 Å². The molecule has 0 bridgehead atoms. The summed E-state index contributed by atoms with van der Waals surface area (Å²) in [7, 11) is 0. The van der Waals surface area contributed by atoms with E-state index in [0.717, 1.165) is 40.9 Å². The lowest BCUT2D eigenvalue weighted by Gasteiger charge is -2.15. The first-order chi connectivity index (χ1) is 11.8. The van der Waals surface area contributed by atoms with E-state index in [1.54, 1.807) is 17.5 Å². The third-order valence-electron chi connectivity index (χ3n) is 3.95. The van der Waals surface area contributed by atoms with Crippen LogP contribution in [0.2, 0.25) is 0 Å². The molecular formula is C18H16N4OS. The summed E-state index contributed by atoms with van der Waals surface area (Å²) in [5.41, 5.74) is 2.91. The fourth-order valence-electron chi connectivity index (χ4n) is 2.74. The van der Waals surface area contributed by atoms with Crippen LogP contribution in [0, 0.1) is 0 Å². The van der Waals surface area contributed by atoms with Crippen LogP contribution in [0.25, 0.3) is 11.3 Å². The van der Waals surface area contributed by atoms with Crippen molar-refractivity contribution in [1.82, 2.24) is 9.97 Å². The lowest BCUT2D eigenvalue weighted by atomic mass is 10.1. The quantitative estimate of drug-likeness (QED) is 0.780. The Kier molecular flexibility index (Phi) is 3.96. The minimum absolute atomic E-state index is 0.207. The van der Waals surface area contributed by atoms with Crippen molar-refractivity contribution in [3.63, 3.8) is 0 Å². The van der Waals surface area contributed by atoms with Gasteiger partial charge in [0.05, 0.1) is 5.69 Å². The Morgan fingerprint density at radius 3 is 2.71 bits per heavy atom. The van der Waals surface area contributed by atoms with Crippen molar-refractivity contribution in [1.29, 1.82) is 0 Å². The third-order valence-corrected chi connectivity index (χ3v) is 4.71. The minimum Gasteiger partial charge on any atom is -0.316 e. The molecule has 1 saturated heterocycles. The molecule has 1 amide bonds. The van der Waals surface area contributed by atoms with Gasteiger partial charge in [-0.15, -0.1) is 11.3 Å². The molecule has 3 aromatic rings. The Morgan fingerprint density at radius 1 is 1.12 bits per heavy atom. The normalized spacial score (nSPS) is 14.2. The van der Waals surface area contributed by atoms with Crippen molar-refractivity contribution in [2.24, 2.45) is 0 Å². The summed E-state index contributed by atoms with van der Waals surface area (Å²) >= 11 is 1.54. The Bertz CT molecular complexity index is 845. The summed E-state index contributed by atoms with van der Waals surface area (Å²) < 4.78 is 0. The number of nitrogens with one attached hydrogen (secondary N) is 1. The smallest absolute Gasteiger partial charge is 0.227 e. The van der Waals surface area contributed by atoms with E-state index < -0.39 is 0 Å². The molecule has 0 aliphatic carbocycles. The lowest BCUT2D eigenvalue weighted by Crippen LogP contribution is -2.23. The number of carbonyl (C=O) groups is 1. The molecule has 0 saturated carbocycles. The van der Waals surface area contributed by atoms with E-state index in [0.29, 0.717) is 6.42 Å². The number of aromatic nitrogens is 2. The van der Waals surface area contributed by atoms with E-state index in [1.165, 1.54) is 0 Å². The molecule has 24 heavy (non-hydrogen) atoms. The fourth-order valence-corrected chi connectivity index (χ4v) is 3.47. The molecule has 0 atom stereocenters. The van der Waals surface area contributed by atoms with Crippen molar-refractivity contribution < 1.29 is 4.79 Å². The first-order valence-electron chi connectivity index (χ1n) is 7.84. The lowest BCUT2D eigenvalue weighted by molar-refractivity contribution is -0.117. The molecule has 1 fully saturated rings. The summed E-state index contributed by atoms with van der Waals surface area (Å²) in [4.78, 5) is 22.5. The fraction of sp³-hybridized carbons (Fsp3) is 0.167. The van der Waals surface area contributed by atoms with Crippen LogP contribution in [-0.4, -0.2) is 22.4 Å². The van der Waals surface area contributed by atoms with Crippen LogP contribution >= 0.6 is 11.3 Å². The number of hydrogen-bond donors (Lipinski definition) is 1. The number of amides is 1. The Hall–Kier alpha value is -2.73. The van der Waals surface area contributed by atoms with E-state index in [-0.39, 0.29) is 5.91 Å². The predicted octanol–water partition coefficient (Wildman–Crippen LogP) is 4.08. The van der Waals surface area contributed by atoms with Crippen LogP contribution in [0.3, 0.4) is 0 Å². The van der Waals surface area contributed by atoms with Gasteiger partial charge in [0.1, 0.15) is 5.82 Å². The van der Waals surface area contributed by atoms with Crippen LogP contribution in [0.1, 0.15) is 12.8 Å². The Balaban J connectivity index is 1.51. The first-order valence-corrected chi connectivity index (χ1v) is 8.72. The maximum absolute atomic E-state index is 11.8. The highest BCUT2D eigenvalue weighted by molar-refractivity contribution is 7.14. The van der Waals surface area contributed by atoms with Gasteiger partial charge in [-0.3, -0.25) is 4.79 Å². The number of benzene rings is 1. The molecule has 0 radical (unpaired) electrons. The van der Waals surface area contributed by atoms with Gasteiger partial charge in [0, 0.05) is 35.8 Å². The molecule has 1 N–H and O–H groups in total. The maximum atomic E-state index is 11.8. The van der Waals surface area contributed by atoms with E-state index >= 15 is 0 Å². The van der Waals surface area contributed by atoms with E-state index in [1.807, 2.05) is 52.7 Å². The van der Waals surface area contributed by atoms with Crippen LogP contribution in [0.15, 0.2) is 54.0 Å². The van der Waals surface area contributed by atoms with Crippen molar-refractivity contribution >= 4 is 33.9 Å². The number of nitrogens with zero attached hydrogens (tertiary/aromatic N) is 3. The monoisotopic (exact) mass is 336 g/mol.